The molecule has 0 aromatic heterocycles. The van der Waals surface area contributed by atoms with E-state index in [0.717, 1.165) is 62.3 Å². The van der Waals surface area contributed by atoms with Crippen LogP contribution < -0.4 is 0 Å². The molecule has 2 aliphatic rings. The monoisotopic (exact) mass is 585 g/mol. The van der Waals surface area contributed by atoms with Gasteiger partial charge in [0, 0.05) is 50.9 Å². The Kier molecular flexibility index (Phi) is 10.0. The number of ether oxygens (including phenoxy) is 1. The van der Waals surface area contributed by atoms with E-state index in [0.29, 0.717) is 38.2 Å². The lowest BCUT2D eigenvalue weighted by Crippen LogP contribution is -2.56. The van der Waals surface area contributed by atoms with Crippen molar-refractivity contribution in [3.8, 4) is 0 Å². The van der Waals surface area contributed by atoms with Crippen molar-refractivity contribution in [1.29, 1.82) is 0 Å². The molecule has 2 aliphatic heterocycles. The highest BCUT2D eigenvalue weighted by atomic mass is 19.4. The van der Waals surface area contributed by atoms with Crippen LogP contribution in [0.5, 0.6) is 0 Å². The third-order valence-electron chi connectivity index (χ3n) is 7.97. The average Bonchev–Trinajstić information content (AvgIpc) is 3.18. The second-order valence-electron chi connectivity index (χ2n) is 11.0. The summed E-state index contributed by atoms with van der Waals surface area (Å²) in [6, 6.07) is 6.66. The zero-order chi connectivity index (χ0) is 29.8. The standard InChI is InChI=1S/C30H37F6N3O2/c1-21-5-6-23(15-22(21)2)16-27-20-38(8-3-7-37-9-4-13-41-14-12-37)10-11-39(27)28(40)24-17-25(29(31,32)33)19-26(18-24)30(34,35)36/h5-6,15,17-19,27H,3-4,7-14,16,20H2,1-2H3/t27-/m1/s1. The Morgan fingerprint density at radius 1 is 0.829 bits per heavy atom. The van der Waals surface area contributed by atoms with Gasteiger partial charge in [0.15, 0.2) is 0 Å². The molecule has 0 aliphatic carbocycles. The molecule has 1 atom stereocenters. The van der Waals surface area contributed by atoms with Crippen molar-refractivity contribution in [2.45, 2.75) is 51.5 Å². The lowest BCUT2D eigenvalue weighted by Gasteiger charge is -2.42. The molecule has 5 nitrogen and oxygen atoms in total. The molecule has 0 bridgehead atoms. The number of benzene rings is 2. The fourth-order valence-corrected chi connectivity index (χ4v) is 5.55. The van der Waals surface area contributed by atoms with Crippen LogP contribution in [0.4, 0.5) is 26.3 Å². The summed E-state index contributed by atoms with van der Waals surface area (Å²) >= 11 is 0. The predicted octanol–water partition coefficient (Wildman–Crippen LogP) is 5.82. The first kappa shape index (κ1) is 31.3. The molecule has 226 valence electrons. The highest BCUT2D eigenvalue weighted by Gasteiger charge is 2.39. The third kappa shape index (κ3) is 8.45. The van der Waals surface area contributed by atoms with Gasteiger partial charge in [0.1, 0.15) is 0 Å². The van der Waals surface area contributed by atoms with Gasteiger partial charge in [-0.3, -0.25) is 9.69 Å². The summed E-state index contributed by atoms with van der Waals surface area (Å²) < 4.78 is 86.5. The Balaban J connectivity index is 1.55. The second kappa shape index (κ2) is 13.1. The van der Waals surface area contributed by atoms with Crippen molar-refractivity contribution in [3.05, 3.63) is 69.8 Å². The Bertz CT molecular complexity index is 1160. The number of carbonyl (C=O) groups is 1. The van der Waals surface area contributed by atoms with Crippen molar-refractivity contribution in [2.75, 3.05) is 59.0 Å². The van der Waals surface area contributed by atoms with Gasteiger partial charge in [-0.15, -0.1) is 0 Å². The van der Waals surface area contributed by atoms with Crippen LogP contribution in [0.3, 0.4) is 0 Å². The Morgan fingerprint density at radius 2 is 1.51 bits per heavy atom. The summed E-state index contributed by atoms with van der Waals surface area (Å²) in [5, 5.41) is 0. The second-order valence-corrected chi connectivity index (χ2v) is 11.0. The summed E-state index contributed by atoms with van der Waals surface area (Å²) in [7, 11) is 0. The number of alkyl halides is 6. The topological polar surface area (TPSA) is 36.0 Å². The molecule has 0 N–H and O–H groups in total. The van der Waals surface area contributed by atoms with E-state index < -0.39 is 41.0 Å². The lowest BCUT2D eigenvalue weighted by molar-refractivity contribution is -0.143. The molecule has 2 aromatic rings. The summed E-state index contributed by atoms with van der Waals surface area (Å²) in [6.07, 6.45) is -7.70. The molecule has 2 aromatic carbocycles. The summed E-state index contributed by atoms with van der Waals surface area (Å²) in [5.41, 5.74) is -0.439. The van der Waals surface area contributed by atoms with Crippen molar-refractivity contribution >= 4 is 5.91 Å². The van der Waals surface area contributed by atoms with Crippen molar-refractivity contribution in [1.82, 2.24) is 14.7 Å². The first-order valence-corrected chi connectivity index (χ1v) is 14.0. The Hall–Kier alpha value is -2.63. The Morgan fingerprint density at radius 3 is 2.17 bits per heavy atom. The van der Waals surface area contributed by atoms with Gasteiger partial charge in [0.05, 0.1) is 17.7 Å². The minimum atomic E-state index is -5.02. The van der Waals surface area contributed by atoms with Crippen molar-refractivity contribution < 1.29 is 35.9 Å². The molecule has 2 fully saturated rings. The van der Waals surface area contributed by atoms with Crippen LogP contribution >= 0.6 is 0 Å². The molecule has 0 spiro atoms. The van der Waals surface area contributed by atoms with Gasteiger partial charge in [-0.1, -0.05) is 18.2 Å². The van der Waals surface area contributed by atoms with E-state index in [2.05, 4.69) is 9.80 Å². The Labute approximate surface area is 237 Å². The SMILES string of the molecule is Cc1ccc(C[C@@H]2CN(CCCN3CCCOCC3)CCN2C(=O)c2cc(C(F)(F)F)cc(C(F)(F)F)c2)cc1C. The summed E-state index contributed by atoms with van der Waals surface area (Å²) in [4.78, 5) is 19.6. The maximum atomic E-state index is 13.6. The number of amides is 1. The number of carbonyl (C=O) groups excluding carboxylic acids is 1. The lowest BCUT2D eigenvalue weighted by atomic mass is 9.97. The van der Waals surface area contributed by atoms with Gasteiger partial charge >= 0.3 is 12.4 Å². The molecule has 2 heterocycles. The summed E-state index contributed by atoms with van der Waals surface area (Å²) in [6.45, 7) is 10.2. The average molecular weight is 586 g/mol. The number of halogens is 6. The van der Waals surface area contributed by atoms with Crippen LogP contribution in [0.25, 0.3) is 0 Å². The van der Waals surface area contributed by atoms with Crippen LogP contribution in [0.15, 0.2) is 36.4 Å². The zero-order valence-electron chi connectivity index (χ0n) is 23.5. The van der Waals surface area contributed by atoms with Gasteiger partial charge in [0.25, 0.3) is 5.91 Å². The van der Waals surface area contributed by atoms with Gasteiger partial charge in [0.2, 0.25) is 0 Å². The molecular weight excluding hydrogens is 548 g/mol. The number of piperazine rings is 1. The van der Waals surface area contributed by atoms with E-state index in [1.54, 1.807) is 0 Å². The maximum absolute atomic E-state index is 13.6. The summed E-state index contributed by atoms with van der Waals surface area (Å²) in [5.74, 6) is -0.820. The first-order chi connectivity index (χ1) is 19.3. The minimum absolute atomic E-state index is 0.0533. The van der Waals surface area contributed by atoms with E-state index in [4.69, 9.17) is 4.74 Å². The van der Waals surface area contributed by atoms with Crippen LogP contribution in [0.2, 0.25) is 0 Å². The van der Waals surface area contributed by atoms with E-state index in [1.165, 1.54) is 4.90 Å². The largest absolute Gasteiger partial charge is 0.416 e. The number of rotatable bonds is 7. The predicted molar refractivity (Wildman–Crippen MR) is 144 cm³/mol. The highest BCUT2D eigenvalue weighted by molar-refractivity contribution is 5.95. The van der Waals surface area contributed by atoms with Gasteiger partial charge < -0.3 is 14.5 Å². The maximum Gasteiger partial charge on any atom is 0.416 e. The van der Waals surface area contributed by atoms with Gasteiger partial charge in [-0.2, -0.15) is 26.3 Å². The quantitative estimate of drug-likeness (QED) is 0.384. The first-order valence-electron chi connectivity index (χ1n) is 14.0. The molecule has 1 amide bonds. The molecule has 0 unspecified atom stereocenters. The van der Waals surface area contributed by atoms with Crippen molar-refractivity contribution in [2.24, 2.45) is 0 Å². The van der Waals surface area contributed by atoms with Crippen LogP contribution in [0.1, 0.15) is 51.0 Å². The minimum Gasteiger partial charge on any atom is -0.380 e. The zero-order valence-corrected chi connectivity index (χ0v) is 23.5. The van der Waals surface area contributed by atoms with E-state index >= 15 is 0 Å². The molecule has 41 heavy (non-hydrogen) atoms. The van der Waals surface area contributed by atoms with E-state index in [-0.39, 0.29) is 12.6 Å². The fourth-order valence-electron chi connectivity index (χ4n) is 5.55. The van der Waals surface area contributed by atoms with Crippen LogP contribution in [0, 0.1) is 13.8 Å². The van der Waals surface area contributed by atoms with E-state index in [1.807, 2.05) is 32.0 Å². The fraction of sp³-hybridized carbons (Fsp3) is 0.567. The smallest absolute Gasteiger partial charge is 0.380 e. The van der Waals surface area contributed by atoms with Gasteiger partial charge in [-0.25, -0.2) is 0 Å². The number of hydrogen-bond donors (Lipinski definition) is 0. The third-order valence-corrected chi connectivity index (χ3v) is 7.97. The number of hydrogen-bond acceptors (Lipinski definition) is 4. The molecule has 4 rings (SSSR count). The molecule has 2 saturated heterocycles. The number of nitrogens with zero attached hydrogens (tertiary/aromatic N) is 3. The molecule has 0 radical (unpaired) electrons. The van der Waals surface area contributed by atoms with Crippen molar-refractivity contribution in [3.63, 3.8) is 0 Å². The molecule has 11 heteroatoms. The van der Waals surface area contributed by atoms with Crippen LogP contribution in [-0.4, -0.2) is 85.7 Å². The molecular formula is C30H37F6N3O2. The highest BCUT2D eigenvalue weighted by Crippen LogP contribution is 2.37. The number of aryl methyl sites for hydroxylation is 2. The normalized spacial score (nSPS) is 19.8. The molecule has 0 saturated carbocycles. The van der Waals surface area contributed by atoms with Gasteiger partial charge in [-0.05, 0) is 81.1 Å². The van der Waals surface area contributed by atoms with Crippen LogP contribution in [-0.2, 0) is 23.5 Å². The van der Waals surface area contributed by atoms with E-state index in [9.17, 15) is 31.1 Å².